The van der Waals surface area contributed by atoms with E-state index in [1.807, 2.05) is 0 Å². The van der Waals surface area contributed by atoms with Crippen molar-refractivity contribution in [1.29, 1.82) is 0 Å². The highest BCUT2D eigenvalue weighted by molar-refractivity contribution is 7.89. The number of methoxy groups -OCH3 is 2. The topological polar surface area (TPSA) is 93.2 Å². The minimum atomic E-state index is -3.89. The summed E-state index contributed by atoms with van der Waals surface area (Å²) >= 11 is 0. The number of hydrogen-bond acceptors (Lipinski definition) is 6. The predicted molar refractivity (Wildman–Crippen MR) is 98.1 cm³/mol. The Morgan fingerprint density at radius 1 is 1.19 bits per heavy atom. The summed E-state index contributed by atoms with van der Waals surface area (Å²) in [6, 6.07) is 4.74. The Bertz CT molecular complexity index is 838. The molecule has 0 radical (unpaired) electrons. The molecule has 1 amide bonds. The minimum Gasteiger partial charge on any atom is -0.495 e. The van der Waals surface area contributed by atoms with Gasteiger partial charge in [-0.15, -0.1) is 0 Å². The van der Waals surface area contributed by atoms with E-state index >= 15 is 0 Å². The van der Waals surface area contributed by atoms with Gasteiger partial charge in [0.05, 0.1) is 20.1 Å². The summed E-state index contributed by atoms with van der Waals surface area (Å²) in [6.07, 6.45) is 2.38. The zero-order chi connectivity index (χ0) is 19.6. The highest BCUT2D eigenvalue weighted by Gasteiger charge is 2.36. The van der Waals surface area contributed by atoms with E-state index in [0.29, 0.717) is 38.0 Å². The zero-order valence-corrected chi connectivity index (χ0v) is 16.3. The zero-order valence-electron chi connectivity index (χ0n) is 15.5. The summed E-state index contributed by atoms with van der Waals surface area (Å²) in [6.45, 7) is 0.968. The van der Waals surface area contributed by atoms with Crippen molar-refractivity contribution in [3.05, 3.63) is 18.2 Å². The molecule has 2 aliphatic rings. The third-order valence-electron chi connectivity index (χ3n) is 5.07. The summed E-state index contributed by atoms with van der Waals surface area (Å²) in [5, 5.41) is 0. The number of amides is 1. The highest BCUT2D eigenvalue weighted by Crippen LogP contribution is 2.34. The number of piperidine rings is 1. The molecule has 2 aliphatic heterocycles. The van der Waals surface area contributed by atoms with Crippen LogP contribution in [-0.4, -0.2) is 58.5 Å². The number of esters is 1. The van der Waals surface area contributed by atoms with Gasteiger partial charge in [-0.25, -0.2) is 8.42 Å². The molecule has 148 valence electrons. The molecule has 0 N–H and O–H groups in total. The molecule has 1 atom stereocenters. The van der Waals surface area contributed by atoms with Crippen LogP contribution in [0.2, 0.25) is 0 Å². The molecule has 9 heteroatoms. The molecule has 2 fully saturated rings. The van der Waals surface area contributed by atoms with Gasteiger partial charge in [-0.3, -0.25) is 9.59 Å². The Hall–Kier alpha value is -2.13. The maximum atomic E-state index is 13.3. The van der Waals surface area contributed by atoms with Crippen molar-refractivity contribution in [2.75, 3.05) is 38.8 Å². The summed E-state index contributed by atoms with van der Waals surface area (Å²) in [5.74, 6) is -0.691. The summed E-state index contributed by atoms with van der Waals surface area (Å²) in [7, 11) is -1.18. The lowest BCUT2D eigenvalue weighted by atomic mass is 10.0. The standard InChI is InChI=1S/C18H24N2O6S/c1-25-15-8-7-14(20-10-4-6-17(20)21)11-16(15)27(23,24)19-9-3-5-13(12-19)18(22)26-2/h7-8,11,13H,3-6,9-10,12H2,1-2H3. The largest absolute Gasteiger partial charge is 0.495 e. The molecule has 2 saturated heterocycles. The lowest BCUT2D eigenvalue weighted by molar-refractivity contribution is -0.146. The normalized spacial score (nSPS) is 21.3. The van der Waals surface area contributed by atoms with Crippen molar-refractivity contribution in [2.24, 2.45) is 5.92 Å². The lowest BCUT2D eigenvalue weighted by Gasteiger charge is -2.31. The number of sulfonamides is 1. The first-order valence-electron chi connectivity index (χ1n) is 8.95. The number of carbonyl (C=O) groups is 2. The minimum absolute atomic E-state index is 0.00714. The molecule has 0 aliphatic carbocycles. The molecular weight excluding hydrogens is 372 g/mol. The van der Waals surface area contributed by atoms with Gasteiger partial charge in [0, 0.05) is 31.7 Å². The number of nitrogens with zero attached hydrogens (tertiary/aromatic N) is 2. The Morgan fingerprint density at radius 2 is 1.96 bits per heavy atom. The maximum Gasteiger partial charge on any atom is 0.309 e. The second-order valence-electron chi connectivity index (χ2n) is 6.71. The predicted octanol–water partition coefficient (Wildman–Crippen LogP) is 1.40. The first-order chi connectivity index (χ1) is 12.9. The maximum absolute atomic E-state index is 13.3. The van der Waals surface area contributed by atoms with Crippen molar-refractivity contribution in [1.82, 2.24) is 4.31 Å². The van der Waals surface area contributed by atoms with Gasteiger partial charge in [-0.1, -0.05) is 0 Å². The number of carbonyl (C=O) groups excluding carboxylic acids is 2. The number of anilines is 1. The van der Waals surface area contributed by atoms with E-state index in [1.165, 1.54) is 24.6 Å². The monoisotopic (exact) mass is 396 g/mol. The van der Waals surface area contributed by atoms with Gasteiger partial charge in [0.15, 0.2) is 0 Å². The molecule has 1 aromatic carbocycles. The van der Waals surface area contributed by atoms with Crippen LogP contribution in [0.3, 0.4) is 0 Å². The molecular formula is C18H24N2O6S. The van der Waals surface area contributed by atoms with Crippen LogP contribution in [0, 0.1) is 5.92 Å². The Morgan fingerprint density at radius 3 is 2.59 bits per heavy atom. The number of benzene rings is 1. The average molecular weight is 396 g/mol. The molecule has 1 unspecified atom stereocenters. The summed E-state index contributed by atoms with van der Waals surface area (Å²) < 4.78 is 37.9. The smallest absolute Gasteiger partial charge is 0.309 e. The molecule has 0 bridgehead atoms. The van der Waals surface area contributed by atoms with Gasteiger partial charge in [-0.05, 0) is 37.5 Å². The van der Waals surface area contributed by atoms with Crippen molar-refractivity contribution >= 4 is 27.6 Å². The number of ether oxygens (including phenoxy) is 2. The van der Waals surface area contributed by atoms with Crippen molar-refractivity contribution in [3.63, 3.8) is 0 Å². The molecule has 8 nitrogen and oxygen atoms in total. The van der Waals surface area contributed by atoms with E-state index < -0.39 is 21.9 Å². The van der Waals surface area contributed by atoms with Crippen LogP contribution in [0.1, 0.15) is 25.7 Å². The second kappa shape index (κ2) is 7.85. The van der Waals surface area contributed by atoms with Gasteiger partial charge in [0.25, 0.3) is 0 Å². The van der Waals surface area contributed by atoms with Gasteiger partial charge >= 0.3 is 5.97 Å². The van der Waals surface area contributed by atoms with Crippen LogP contribution in [0.4, 0.5) is 5.69 Å². The van der Waals surface area contributed by atoms with E-state index in [4.69, 9.17) is 9.47 Å². The quantitative estimate of drug-likeness (QED) is 0.699. The average Bonchev–Trinajstić information content (AvgIpc) is 3.12. The number of rotatable bonds is 5. The van der Waals surface area contributed by atoms with Crippen LogP contribution in [-0.2, 0) is 24.3 Å². The molecule has 27 heavy (non-hydrogen) atoms. The third-order valence-corrected chi connectivity index (χ3v) is 6.96. The van der Waals surface area contributed by atoms with Crippen LogP contribution in [0.15, 0.2) is 23.1 Å². The van der Waals surface area contributed by atoms with Gasteiger partial charge < -0.3 is 14.4 Å². The Labute approximate surface area is 159 Å². The van der Waals surface area contributed by atoms with Gasteiger partial charge in [0.1, 0.15) is 10.6 Å². The first kappa shape index (κ1) is 19.6. The first-order valence-corrected chi connectivity index (χ1v) is 10.4. The van der Waals surface area contributed by atoms with E-state index in [9.17, 15) is 18.0 Å². The third kappa shape index (κ3) is 3.79. The van der Waals surface area contributed by atoms with E-state index in [-0.39, 0.29) is 23.1 Å². The van der Waals surface area contributed by atoms with Crippen LogP contribution < -0.4 is 9.64 Å². The fourth-order valence-electron chi connectivity index (χ4n) is 3.61. The van der Waals surface area contributed by atoms with Crippen LogP contribution in [0.25, 0.3) is 0 Å². The van der Waals surface area contributed by atoms with E-state index in [2.05, 4.69) is 0 Å². The van der Waals surface area contributed by atoms with Gasteiger partial charge in [0.2, 0.25) is 15.9 Å². The van der Waals surface area contributed by atoms with E-state index in [1.54, 1.807) is 17.0 Å². The van der Waals surface area contributed by atoms with Crippen molar-refractivity contribution in [2.45, 2.75) is 30.6 Å². The SMILES string of the molecule is COC(=O)C1CCCN(S(=O)(=O)c2cc(N3CCCC3=O)ccc2OC)C1. The molecule has 1 aromatic rings. The lowest BCUT2D eigenvalue weighted by Crippen LogP contribution is -2.42. The molecule has 0 saturated carbocycles. The molecule has 0 spiro atoms. The summed E-state index contributed by atoms with van der Waals surface area (Å²) in [4.78, 5) is 25.5. The van der Waals surface area contributed by atoms with Crippen LogP contribution >= 0.6 is 0 Å². The highest BCUT2D eigenvalue weighted by atomic mass is 32.2. The van der Waals surface area contributed by atoms with Gasteiger partial charge in [-0.2, -0.15) is 4.31 Å². The molecule has 3 rings (SSSR count). The van der Waals surface area contributed by atoms with Crippen molar-refractivity contribution < 1.29 is 27.5 Å². The molecule has 0 aromatic heterocycles. The fraction of sp³-hybridized carbons (Fsp3) is 0.556. The number of hydrogen-bond donors (Lipinski definition) is 0. The second-order valence-corrected chi connectivity index (χ2v) is 8.62. The fourth-order valence-corrected chi connectivity index (χ4v) is 5.31. The Balaban J connectivity index is 1.95. The summed E-state index contributed by atoms with van der Waals surface area (Å²) in [5.41, 5.74) is 0.540. The van der Waals surface area contributed by atoms with Crippen molar-refractivity contribution in [3.8, 4) is 5.75 Å². The molecule has 2 heterocycles. The Kier molecular flexibility index (Phi) is 5.71. The van der Waals surface area contributed by atoms with Crippen LogP contribution in [0.5, 0.6) is 5.75 Å². The van der Waals surface area contributed by atoms with E-state index in [0.717, 1.165) is 6.42 Å².